The van der Waals surface area contributed by atoms with Crippen LogP contribution in [0.15, 0.2) is 114 Å². The van der Waals surface area contributed by atoms with Crippen LogP contribution in [-0.2, 0) is 20.1 Å². The first-order valence-electron chi connectivity index (χ1n) is 23.7. The van der Waals surface area contributed by atoms with Gasteiger partial charge in [-0.2, -0.15) is 0 Å². The largest absolute Gasteiger partial charge is 0.501 e. The quantitative estimate of drug-likeness (QED) is 0.112. The van der Waals surface area contributed by atoms with Crippen molar-refractivity contribution in [3.63, 3.8) is 0 Å². The summed E-state index contributed by atoms with van der Waals surface area (Å²) in [4.78, 5) is 14.9. The van der Waals surface area contributed by atoms with Crippen molar-refractivity contribution in [2.75, 3.05) is 0 Å². The van der Waals surface area contributed by atoms with E-state index in [0.717, 1.165) is 72.6 Å². The molecule has 329 valence electrons. The molecule has 0 aliphatic heterocycles. The predicted octanol–water partition coefficient (Wildman–Crippen LogP) is 15.1. The van der Waals surface area contributed by atoms with Crippen molar-refractivity contribution in [1.82, 2.24) is 19.5 Å². The van der Waals surface area contributed by atoms with E-state index in [1.807, 2.05) is 24.4 Å². The fraction of sp³-hybridized carbons (Fsp3) is 0.281. The molecular weight excluding hydrogens is 977 g/mol. The Labute approximate surface area is 399 Å². The molecule has 1 radical (unpaired) electrons. The zero-order valence-electron chi connectivity index (χ0n) is 42.2. The molecule has 0 saturated heterocycles. The number of furan rings is 1. The third kappa shape index (κ3) is 8.83. The van der Waals surface area contributed by atoms with E-state index < -0.39 is 14.9 Å². The maximum Gasteiger partial charge on any atom is 0.120 e. The first-order chi connectivity index (χ1) is 31.2. The number of benzene rings is 5. The predicted molar refractivity (Wildman–Crippen MR) is 269 cm³/mol. The second kappa shape index (κ2) is 18.6. The molecule has 0 atom stereocenters. The Hall–Kier alpha value is -5.46. The van der Waals surface area contributed by atoms with Crippen LogP contribution in [0.3, 0.4) is 0 Å². The maximum absolute atomic E-state index is 7.44. The first-order valence-corrected chi connectivity index (χ1v) is 25.7. The maximum atomic E-state index is 7.44. The minimum Gasteiger partial charge on any atom is -0.501 e. The van der Waals surface area contributed by atoms with Crippen LogP contribution >= 0.6 is 0 Å². The van der Waals surface area contributed by atoms with Gasteiger partial charge in [0.25, 0.3) is 0 Å². The van der Waals surface area contributed by atoms with Crippen molar-refractivity contribution in [3.05, 3.63) is 161 Å². The monoisotopic (exact) mass is 1040 g/mol. The Morgan fingerprint density at radius 2 is 1.38 bits per heavy atom. The van der Waals surface area contributed by atoms with Crippen LogP contribution < -0.4 is 5.19 Å². The van der Waals surface area contributed by atoms with E-state index in [1.165, 1.54) is 38.7 Å². The number of hydrogen-bond acceptors (Lipinski definition) is 4. The van der Waals surface area contributed by atoms with E-state index in [-0.39, 0.29) is 31.9 Å². The van der Waals surface area contributed by atoms with Crippen molar-refractivity contribution >= 4 is 46.2 Å². The molecule has 7 heteroatoms. The van der Waals surface area contributed by atoms with Crippen LogP contribution in [-0.4, -0.2) is 27.6 Å². The fourth-order valence-corrected chi connectivity index (χ4v) is 10.4. The smallest absolute Gasteiger partial charge is 0.120 e. The van der Waals surface area contributed by atoms with Crippen LogP contribution in [0, 0.1) is 39.8 Å². The van der Waals surface area contributed by atoms with E-state index in [1.54, 1.807) is 18.2 Å². The molecule has 0 saturated carbocycles. The number of nitrogens with zero attached hydrogens (tertiary/aromatic N) is 4. The number of aromatic nitrogens is 4. The molecule has 0 N–H and O–H groups in total. The van der Waals surface area contributed by atoms with Crippen LogP contribution in [0.2, 0.25) is 19.6 Å². The van der Waals surface area contributed by atoms with Crippen molar-refractivity contribution in [2.24, 2.45) is 0 Å². The van der Waals surface area contributed by atoms with Gasteiger partial charge < -0.3 is 14.0 Å². The summed E-state index contributed by atoms with van der Waals surface area (Å²) in [7, 11) is -1.45. The van der Waals surface area contributed by atoms with Gasteiger partial charge >= 0.3 is 0 Å². The molecule has 0 fully saturated rings. The SMILES string of the molecule is Cc1nc(C)c2nc(-c3[c-]ccc4c3oc3ccccc34)n(-c3c(C(C)C)cc(-c4ccccc4)cc3C(C)C)c2c1C.[2H]C([2H])([2H])c1c[c-]c(-c2cc(C(C)C)c([Si](C)(C)C)cn2)cc1.[Ir]. The van der Waals surface area contributed by atoms with E-state index in [4.69, 9.17) is 18.5 Å². The molecule has 0 unspecified atom stereocenters. The molecule has 5 nitrogen and oxygen atoms in total. The number of para-hydroxylation sites is 1. The molecule has 0 amide bonds. The van der Waals surface area contributed by atoms with Crippen LogP contribution in [0.1, 0.15) is 103 Å². The Kier molecular flexibility index (Phi) is 12.3. The molecule has 0 aliphatic carbocycles. The van der Waals surface area contributed by atoms with Crippen LogP contribution in [0.5, 0.6) is 0 Å². The molecule has 4 aromatic heterocycles. The summed E-state index contributed by atoms with van der Waals surface area (Å²) in [5, 5.41) is 3.55. The van der Waals surface area contributed by atoms with Crippen LogP contribution in [0.4, 0.5) is 0 Å². The van der Waals surface area contributed by atoms with Crippen molar-refractivity contribution in [1.29, 1.82) is 0 Å². The summed E-state index contributed by atoms with van der Waals surface area (Å²) in [6.45, 7) is 24.7. The molecule has 0 aliphatic rings. The molecule has 9 rings (SSSR count). The van der Waals surface area contributed by atoms with Gasteiger partial charge in [0.2, 0.25) is 0 Å². The van der Waals surface area contributed by atoms with Gasteiger partial charge in [0.05, 0.1) is 36.2 Å². The standard InChI is InChI=1S/C39H36N3O.C18H24NSi.Ir/c1-22(2)32-20-28(27-14-9-8-10-15-27)21-33(23(3)4)37(32)42-36-24(5)25(6)40-26(7)35(36)41-39(42)31-18-13-17-30-29-16-11-12-19-34(29)43-38(30)31;1-13(2)16-11-17(15-9-7-14(3)8-10-15)19-12-18(16)20(4,5)6;/h8-17,19-23H,1-7H3;7-9,11-13H,1-6H3;/q2*-1;/i;3D3;. The first kappa shape index (κ1) is 42.5. The van der Waals surface area contributed by atoms with E-state index in [9.17, 15) is 0 Å². The van der Waals surface area contributed by atoms with Gasteiger partial charge in [-0.3, -0.25) is 9.97 Å². The molecule has 4 heterocycles. The van der Waals surface area contributed by atoms with Gasteiger partial charge in [-0.1, -0.05) is 139 Å². The number of hydrogen-bond donors (Lipinski definition) is 0. The zero-order valence-corrected chi connectivity index (χ0v) is 42.5. The summed E-state index contributed by atoms with van der Waals surface area (Å²) < 4.78 is 31.2. The number of fused-ring (bicyclic) bond motifs is 4. The Bertz CT molecular complexity index is 3210. The van der Waals surface area contributed by atoms with Crippen LogP contribution in [0.25, 0.3) is 72.4 Å². The molecular formula is C57H60IrN4OSi-2. The average Bonchev–Trinajstić information content (AvgIpc) is 3.87. The van der Waals surface area contributed by atoms with E-state index in [2.05, 4.69) is 170 Å². The normalized spacial score (nSPS) is 12.7. The average molecular weight is 1040 g/mol. The minimum absolute atomic E-state index is 0. The fourth-order valence-electron chi connectivity index (χ4n) is 8.74. The minimum atomic E-state index is -2.09. The second-order valence-corrected chi connectivity index (χ2v) is 23.8. The molecule has 64 heavy (non-hydrogen) atoms. The molecule has 5 aromatic carbocycles. The summed E-state index contributed by atoms with van der Waals surface area (Å²) in [5.74, 6) is 1.81. The van der Waals surface area contributed by atoms with Gasteiger partial charge in [-0.25, -0.2) is 0 Å². The van der Waals surface area contributed by atoms with E-state index >= 15 is 0 Å². The third-order valence-corrected chi connectivity index (χ3v) is 14.2. The number of pyridine rings is 2. The Balaban J connectivity index is 0.000000236. The van der Waals surface area contributed by atoms with Gasteiger partial charge in [0, 0.05) is 47.2 Å². The van der Waals surface area contributed by atoms with Gasteiger partial charge in [0.1, 0.15) is 5.58 Å². The zero-order chi connectivity index (χ0) is 47.4. The Morgan fingerprint density at radius 1 is 0.703 bits per heavy atom. The van der Waals surface area contributed by atoms with Crippen molar-refractivity contribution in [3.8, 4) is 39.5 Å². The summed E-state index contributed by atoms with van der Waals surface area (Å²) in [6.07, 6.45) is 2.00. The Morgan fingerprint density at radius 3 is 2.00 bits per heavy atom. The van der Waals surface area contributed by atoms with E-state index in [0.29, 0.717) is 11.5 Å². The number of aryl methyl sites for hydroxylation is 4. The second-order valence-electron chi connectivity index (χ2n) is 18.8. The molecule has 0 spiro atoms. The third-order valence-electron chi connectivity index (χ3n) is 12.2. The topological polar surface area (TPSA) is 56.7 Å². The number of rotatable bonds is 8. The summed E-state index contributed by atoms with van der Waals surface area (Å²) in [5.41, 5.74) is 17.2. The summed E-state index contributed by atoms with van der Waals surface area (Å²) >= 11 is 0. The summed E-state index contributed by atoms with van der Waals surface area (Å²) in [6, 6.07) is 41.5. The van der Waals surface area contributed by atoms with Crippen molar-refractivity contribution in [2.45, 2.75) is 107 Å². The van der Waals surface area contributed by atoms with Gasteiger partial charge in [-0.05, 0) is 95.4 Å². The van der Waals surface area contributed by atoms with Gasteiger partial charge in [-0.15, -0.1) is 53.6 Å². The van der Waals surface area contributed by atoms with Crippen molar-refractivity contribution < 1.29 is 28.6 Å². The number of imidazole rings is 1. The molecule has 0 bridgehead atoms. The molecule has 9 aromatic rings. The van der Waals surface area contributed by atoms with Gasteiger partial charge in [0.15, 0.2) is 0 Å².